The Hall–Kier alpha value is -4.76. The average Bonchev–Trinajstić information content (AvgIpc) is 3.39. The first-order valence-electron chi connectivity index (χ1n) is 11.3. The molecule has 0 fully saturated rings. The number of carbonyl (C=O) groups is 2. The van der Waals surface area contributed by atoms with Crippen molar-refractivity contribution in [2.45, 2.75) is 6.54 Å². The number of methoxy groups -OCH3 is 1. The van der Waals surface area contributed by atoms with Crippen LogP contribution in [0.4, 0.5) is 0 Å². The van der Waals surface area contributed by atoms with Gasteiger partial charge in [0.2, 0.25) is 0 Å². The Morgan fingerprint density at radius 3 is 2.51 bits per heavy atom. The Morgan fingerprint density at radius 1 is 1.03 bits per heavy atom. The maximum atomic E-state index is 13.0. The number of H-pyrrole nitrogens is 1. The fourth-order valence-corrected chi connectivity index (χ4v) is 4.66. The molecule has 0 radical (unpaired) electrons. The number of halogens is 1. The van der Waals surface area contributed by atoms with Gasteiger partial charge in [0.25, 0.3) is 17.4 Å². The highest BCUT2D eigenvalue weighted by Crippen LogP contribution is 2.28. The van der Waals surface area contributed by atoms with E-state index in [1.54, 1.807) is 60.7 Å². The summed E-state index contributed by atoms with van der Waals surface area (Å²) >= 11 is 6.09. The van der Waals surface area contributed by atoms with Crippen LogP contribution < -0.4 is 10.3 Å². The van der Waals surface area contributed by atoms with Gasteiger partial charge in [-0.15, -0.1) is 0 Å². The van der Waals surface area contributed by atoms with E-state index in [0.29, 0.717) is 44.1 Å². The van der Waals surface area contributed by atoms with Crippen molar-refractivity contribution in [1.82, 2.24) is 19.5 Å². The molecule has 0 atom stereocenters. The number of imide groups is 1. The number of carbonyl (C=O) groups excluding carboxylic acids is 2. The number of benzene rings is 3. The second-order valence-corrected chi connectivity index (χ2v) is 8.93. The largest absolute Gasteiger partial charge is 0.496 e. The molecule has 10 heteroatoms. The van der Waals surface area contributed by atoms with Crippen LogP contribution in [-0.2, 0) is 6.54 Å². The monoisotopic (exact) mass is 511 g/mol. The molecule has 0 unspecified atom stereocenters. The lowest BCUT2D eigenvalue weighted by atomic mass is 10.1. The predicted molar refractivity (Wildman–Crippen MR) is 140 cm³/mol. The van der Waals surface area contributed by atoms with Gasteiger partial charge in [0.15, 0.2) is 0 Å². The highest BCUT2D eigenvalue weighted by Gasteiger charge is 2.35. The minimum atomic E-state index is -0.367. The van der Waals surface area contributed by atoms with Crippen molar-refractivity contribution in [3.8, 4) is 5.75 Å². The van der Waals surface area contributed by atoms with Crippen LogP contribution in [0.5, 0.6) is 5.75 Å². The molecule has 3 aromatic carbocycles. The van der Waals surface area contributed by atoms with Gasteiger partial charge >= 0.3 is 0 Å². The molecule has 0 saturated heterocycles. The molecular weight excluding hydrogens is 494 g/mol. The Bertz CT molecular complexity index is 1800. The smallest absolute Gasteiger partial charge is 0.298 e. The molecule has 9 nitrogen and oxygen atoms in total. The van der Waals surface area contributed by atoms with Crippen molar-refractivity contribution >= 4 is 51.6 Å². The summed E-state index contributed by atoms with van der Waals surface area (Å²) in [5.74, 6) is -0.190. The molecule has 0 spiro atoms. The maximum Gasteiger partial charge on any atom is 0.298 e. The van der Waals surface area contributed by atoms with Crippen LogP contribution >= 0.6 is 11.6 Å². The molecule has 6 rings (SSSR count). The number of fused-ring (bicyclic) bond motifs is 4. The van der Waals surface area contributed by atoms with E-state index in [-0.39, 0.29) is 23.9 Å². The number of nitrogens with zero attached hydrogens (tertiary/aromatic N) is 4. The summed E-state index contributed by atoms with van der Waals surface area (Å²) < 4.78 is 6.59. The predicted octanol–water partition coefficient (Wildman–Crippen LogP) is 4.22. The number of hydrogen-bond acceptors (Lipinski definition) is 6. The average molecular weight is 512 g/mol. The van der Waals surface area contributed by atoms with Crippen LogP contribution in [0.25, 0.3) is 21.9 Å². The van der Waals surface area contributed by atoms with Gasteiger partial charge in [-0.1, -0.05) is 23.7 Å². The molecule has 1 aliphatic heterocycles. The third-order valence-corrected chi connectivity index (χ3v) is 6.53. The van der Waals surface area contributed by atoms with E-state index in [2.05, 4.69) is 15.1 Å². The molecule has 1 N–H and O–H groups in total. The van der Waals surface area contributed by atoms with Crippen LogP contribution in [0.2, 0.25) is 5.02 Å². The lowest BCUT2D eigenvalue weighted by Crippen LogP contribution is -2.29. The Labute approximate surface area is 214 Å². The van der Waals surface area contributed by atoms with Gasteiger partial charge in [-0.05, 0) is 54.1 Å². The van der Waals surface area contributed by atoms with Gasteiger partial charge in [0, 0.05) is 21.5 Å². The zero-order chi connectivity index (χ0) is 25.7. The zero-order valence-electron chi connectivity index (χ0n) is 19.4. The summed E-state index contributed by atoms with van der Waals surface area (Å²) in [4.78, 5) is 47.3. The molecule has 37 heavy (non-hydrogen) atoms. The fourth-order valence-electron chi connectivity index (χ4n) is 4.48. The SMILES string of the molecule is COc1ccc(/C=N/n2cnc3c([nH]c4ccc(Cl)cc43)c2=O)cc1CN1C(=O)c2ccccc2C1=O. The van der Waals surface area contributed by atoms with Crippen LogP contribution in [0.1, 0.15) is 31.8 Å². The number of hydrogen-bond donors (Lipinski definition) is 1. The lowest BCUT2D eigenvalue weighted by Gasteiger charge is -2.16. The lowest BCUT2D eigenvalue weighted by molar-refractivity contribution is 0.0641. The minimum Gasteiger partial charge on any atom is -0.496 e. The van der Waals surface area contributed by atoms with E-state index in [0.717, 1.165) is 15.6 Å². The molecular formula is C27H18ClN5O4. The number of nitrogens with one attached hydrogen (secondary N) is 1. The van der Waals surface area contributed by atoms with Crippen molar-refractivity contribution in [2.24, 2.45) is 5.10 Å². The number of aromatic nitrogens is 3. The van der Waals surface area contributed by atoms with Gasteiger partial charge in [-0.25, -0.2) is 4.98 Å². The maximum absolute atomic E-state index is 13.0. The first-order chi connectivity index (χ1) is 17.9. The van der Waals surface area contributed by atoms with Crippen LogP contribution in [-0.4, -0.2) is 44.7 Å². The molecule has 1 aliphatic rings. The van der Waals surface area contributed by atoms with Gasteiger partial charge in [-0.2, -0.15) is 9.78 Å². The molecule has 0 aliphatic carbocycles. The van der Waals surface area contributed by atoms with Crippen molar-refractivity contribution < 1.29 is 14.3 Å². The number of rotatable bonds is 5. The van der Waals surface area contributed by atoms with Crippen molar-refractivity contribution in [2.75, 3.05) is 7.11 Å². The third kappa shape index (κ3) is 3.76. The van der Waals surface area contributed by atoms with Crippen LogP contribution in [0.3, 0.4) is 0 Å². The van der Waals surface area contributed by atoms with Crippen LogP contribution in [0, 0.1) is 0 Å². The topological polar surface area (TPSA) is 110 Å². The van der Waals surface area contributed by atoms with Crippen molar-refractivity contribution in [3.63, 3.8) is 0 Å². The zero-order valence-corrected chi connectivity index (χ0v) is 20.2. The quantitative estimate of drug-likeness (QED) is 0.281. The van der Waals surface area contributed by atoms with E-state index in [1.807, 2.05) is 0 Å². The first kappa shape index (κ1) is 22.7. The van der Waals surface area contributed by atoms with Gasteiger partial charge in [0.05, 0.1) is 31.0 Å². The Kier molecular flexibility index (Phi) is 5.35. The summed E-state index contributed by atoms with van der Waals surface area (Å²) in [6.45, 7) is 0.0300. The van der Waals surface area contributed by atoms with Crippen molar-refractivity contribution in [3.05, 3.63) is 105 Å². The minimum absolute atomic E-state index is 0.0300. The summed E-state index contributed by atoms with van der Waals surface area (Å²) in [6.07, 6.45) is 2.85. The van der Waals surface area contributed by atoms with Gasteiger partial charge in [0.1, 0.15) is 23.1 Å². The normalized spacial score (nSPS) is 13.3. The van der Waals surface area contributed by atoms with E-state index < -0.39 is 0 Å². The molecule has 0 saturated carbocycles. The molecule has 2 aromatic heterocycles. The number of ether oxygens (including phenoxy) is 1. The summed E-state index contributed by atoms with van der Waals surface area (Å²) in [6, 6.07) is 17.3. The number of amides is 2. The highest BCUT2D eigenvalue weighted by atomic mass is 35.5. The van der Waals surface area contributed by atoms with Crippen molar-refractivity contribution in [1.29, 1.82) is 0 Å². The molecule has 182 valence electrons. The van der Waals surface area contributed by atoms with Crippen LogP contribution in [0.15, 0.2) is 76.9 Å². The van der Waals surface area contributed by atoms with E-state index >= 15 is 0 Å². The standard InChI is InChI=1S/C27H18ClN5O4/c1-37-22-9-6-15(10-16(22)13-32-25(34)18-4-2-3-5-19(18)26(32)35)12-30-33-14-29-23-20-11-17(28)7-8-21(20)31-24(23)27(33)36/h2-12,14,31H,13H2,1H3/b30-12+. The molecule has 0 bridgehead atoms. The Balaban J connectivity index is 1.32. The summed E-state index contributed by atoms with van der Waals surface area (Å²) in [5, 5.41) is 5.59. The molecule has 2 amide bonds. The summed E-state index contributed by atoms with van der Waals surface area (Å²) in [7, 11) is 1.52. The van der Waals surface area contributed by atoms with Gasteiger partial charge in [-0.3, -0.25) is 19.3 Å². The highest BCUT2D eigenvalue weighted by molar-refractivity contribution is 6.31. The second-order valence-electron chi connectivity index (χ2n) is 8.49. The third-order valence-electron chi connectivity index (χ3n) is 6.29. The van der Waals surface area contributed by atoms with E-state index in [1.165, 1.54) is 24.6 Å². The summed E-state index contributed by atoms with van der Waals surface area (Å²) in [5.41, 5.74) is 3.24. The van der Waals surface area contributed by atoms with Gasteiger partial charge < -0.3 is 9.72 Å². The van der Waals surface area contributed by atoms with E-state index in [9.17, 15) is 14.4 Å². The van der Waals surface area contributed by atoms with E-state index in [4.69, 9.17) is 16.3 Å². The fraction of sp³-hybridized carbons (Fsp3) is 0.0741. The first-order valence-corrected chi connectivity index (χ1v) is 11.7. The molecule has 3 heterocycles. The number of aromatic amines is 1. The second kappa shape index (κ2) is 8.72. The molecule has 5 aromatic rings. The Morgan fingerprint density at radius 2 is 1.78 bits per heavy atom.